The van der Waals surface area contributed by atoms with Crippen LogP contribution in [0.5, 0.6) is 0 Å². The molecular formula is C16H21ClN2O. The van der Waals surface area contributed by atoms with E-state index in [1.54, 1.807) is 6.08 Å². The first-order valence-corrected chi connectivity index (χ1v) is 7.42. The predicted octanol–water partition coefficient (Wildman–Crippen LogP) is 2.94. The molecule has 108 valence electrons. The van der Waals surface area contributed by atoms with Crippen LogP contribution < -0.4 is 5.73 Å². The molecule has 1 amide bonds. The number of nitrogens with two attached hydrogens (primary N) is 1. The van der Waals surface area contributed by atoms with Crippen LogP contribution in [0.3, 0.4) is 0 Å². The third-order valence-corrected chi connectivity index (χ3v) is 4.05. The van der Waals surface area contributed by atoms with Gasteiger partial charge >= 0.3 is 0 Å². The van der Waals surface area contributed by atoms with Gasteiger partial charge in [-0.25, -0.2) is 0 Å². The van der Waals surface area contributed by atoms with Gasteiger partial charge < -0.3 is 10.6 Å². The maximum absolute atomic E-state index is 12.2. The van der Waals surface area contributed by atoms with Gasteiger partial charge in [-0.15, -0.1) is 0 Å². The summed E-state index contributed by atoms with van der Waals surface area (Å²) in [5, 5.41) is 0.698. The second-order valence-corrected chi connectivity index (χ2v) is 5.87. The van der Waals surface area contributed by atoms with Crippen LogP contribution in [0.4, 0.5) is 0 Å². The number of benzene rings is 1. The van der Waals surface area contributed by atoms with Crippen molar-refractivity contribution in [3.05, 3.63) is 40.9 Å². The summed E-state index contributed by atoms with van der Waals surface area (Å²) in [6.07, 6.45) is 5.61. The van der Waals surface area contributed by atoms with Gasteiger partial charge in [0.2, 0.25) is 5.91 Å². The summed E-state index contributed by atoms with van der Waals surface area (Å²) in [6.45, 7) is 3.61. The minimum absolute atomic E-state index is 0.0605. The van der Waals surface area contributed by atoms with E-state index in [2.05, 4.69) is 0 Å². The molecule has 0 aromatic heterocycles. The zero-order valence-electron chi connectivity index (χ0n) is 11.8. The molecule has 0 unspecified atom stereocenters. The lowest BCUT2D eigenvalue weighted by molar-refractivity contribution is -0.127. The van der Waals surface area contributed by atoms with Gasteiger partial charge in [-0.1, -0.05) is 23.7 Å². The quantitative estimate of drug-likeness (QED) is 0.871. The SMILES string of the molecule is C[C@H](N)[C@@H]1CCCN(C(=O)/C=C/c2ccc(Cl)cc2)C1. The Balaban J connectivity index is 1.95. The molecule has 1 aromatic rings. The van der Waals surface area contributed by atoms with Crippen molar-refractivity contribution in [3.8, 4) is 0 Å². The molecule has 1 heterocycles. The number of piperidine rings is 1. The number of amides is 1. The first-order chi connectivity index (χ1) is 9.56. The van der Waals surface area contributed by atoms with Crippen molar-refractivity contribution in [1.29, 1.82) is 0 Å². The number of hydrogen-bond donors (Lipinski definition) is 1. The van der Waals surface area contributed by atoms with Crippen molar-refractivity contribution < 1.29 is 4.79 Å². The fourth-order valence-electron chi connectivity index (χ4n) is 2.49. The fraction of sp³-hybridized carbons (Fsp3) is 0.438. The van der Waals surface area contributed by atoms with E-state index in [-0.39, 0.29) is 11.9 Å². The normalized spacial score (nSPS) is 21.1. The van der Waals surface area contributed by atoms with Crippen LogP contribution in [0.25, 0.3) is 6.08 Å². The second kappa shape index (κ2) is 6.91. The predicted molar refractivity (Wildman–Crippen MR) is 83.4 cm³/mol. The van der Waals surface area contributed by atoms with E-state index in [1.165, 1.54) is 0 Å². The summed E-state index contributed by atoms with van der Waals surface area (Å²) in [7, 11) is 0. The number of likely N-dealkylation sites (tertiary alicyclic amines) is 1. The molecule has 1 fully saturated rings. The number of carbonyl (C=O) groups is 1. The van der Waals surface area contributed by atoms with E-state index in [0.717, 1.165) is 31.5 Å². The summed E-state index contributed by atoms with van der Waals surface area (Å²) in [4.78, 5) is 14.1. The summed E-state index contributed by atoms with van der Waals surface area (Å²) in [6, 6.07) is 7.57. The Bertz CT molecular complexity index is 482. The zero-order chi connectivity index (χ0) is 14.5. The third-order valence-electron chi connectivity index (χ3n) is 3.80. The van der Waals surface area contributed by atoms with Crippen LogP contribution in [-0.2, 0) is 4.79 Å². The Morgan fingerprint density at radius 2 is 2.15 bits per heavy atom. The molecule has 0 bridgehead atoms. The van der Waals surface area contributed by atoms with E-state index < -0.39 is 0 Å². The molecule has 1 aliphatic heterocycles. The highest BCUT2D eigenvalue weighted by Gasteiger charge is 2.24. The van der Waals surface area contributed by atoms with E-state index in [4.69, 9.17) is 17.3 Å². The van der Waals surface area contributed by atoms with Crippen molar-refractivity contribution in [3.63, 3.8) is 0 Å². The zero-order valence-corrected chi connectivity index (χ0v) is 12.5. The molecule has 0 aliphatic carbocycles. The van der Waals surface area contributed by atoms with Crippen LogP contribution in [0.2, 0.25) is 5.02 Å². The van der Waals surface area contributed by atoms with E-state index in [9.17, 15) is 4.79 Å². The highest BCUT2D eigenvalue weighted by Crippen LogP contribution is 2.19. The van der Waals surface area contributed by atoms with Crippen molar-refractivity contribution in [2.75, 3.05) is 13.1 Å². The molecule has 1 aromatic carbocycles. The highest BCUT2D eigenvalue weighted by atomic mass is 35.5. The number of hydrogen-bond acceptors (Lipinski definition) is 2. The largest absolute Gasteiger partial charge is 0.339 e. The Hall–Kier alpha value is -1.32. The minimum Gasteiger partial charge on any atom is -0.339 e. The molecule has 2 N–H and O–H groups in total. The molecule has 20 heavy (non-hydrogen) atoms. The summed E-state index contributed by atoms with van der Waals surface area (Å²) in [5.74, 6) is 0.474. The van der Waals surface area contributed by atoms with Gasteiger partial charge in [-0.05, 0) is 49.5 Å². The van der Waals surface area contributed by atoms with Gasteiger partial charge in [-0.3, -0.25) is 4.79 Å². The van der Waals surface area contributed by atoms with Gasteiger partial charge in [0.25, 0.3) is 0 Å². The van der Waals surface area contributed by atoms with Gasteiger partial charge in [0, 0.05) is 30.2 Å². The maximum atomic E-state index is 12.2. The average molecular weight is 293 g/mol. The van der Waals surface area contributed by atoms with Crippen LogP contribution >= 0.6 is 11.6 Å². The molecule has 0 radical (unpaired) electrons. The number of rotatable bonds is 3. The molecular weight excluding hydrogens is 272 g/mol. The van der Waals surface area contributed by atoms with Crippen LogP contribution in [0.1, 0.15) is 25.3 Å². The molecule has 4 heteroatoms. The number of nitrogens with zero attached hydrogens (tertiary/aromatic N) is 1. The highest BCUT2D eigenvalue weighted by molar-refractivity contribution is 6.30. The molecule has 3 nitrogen and oxygen atoms in total. The van der Waals surface area contributed by atoms with Crippen LogP contribution in [0.15, 0.2) is 30.3 Å². The minimum atomic E-state index is 0.0605. The Morgan fingerprint density at radius 1 is 1.45 bits per heavy atom. The lowest BCUT2D eigenvalue weighted by Crippen LogP contribution is -2.44. The van der Waals surface area contributed by atoms with Crippen molar-refractivity contribution >= 4 is 23.6 Å². The first kappa shape index (κ1) is 15.1. The maximum Gasteiger partial charge on any atom is 0.246 e. The Kier molecular flexibility index (Phi) is 5.21. The van der Waals surface area contributed by atoms with Gasteiger partial charge in [-0.2, -0.15) is 0 Å². The topological polar surface area (TPSA) is 46.3 Å². The average Bonchev–Trinajstić information content (AvgIpc) is 2.46. The smallest absolute Gasteiger partial charge is 0.246 e. The molecule has 0 spiro atoms. The lowest BCUT2D eigenvalue weighted by Gasteiger charge is -2.34. The van der Waals surface area contributed by atoms with Crippen LogP contribution in [0, 0.1) is 5.92 Å². The van der Waals surface area contributed by atoms with E-state index in [0.29, 0.717) is 10.9 Å². The number of carbonyl (C=O) groups excluding carboxylic acids is 1. The van der Waals surface area contributed by atoms with Gasteiger partial charge in [0.05, 0.1) is 0 Å². The fourth-order valence-corrected chi connectivity index (χ4v) is 2.61. The van der Waals surface area contributed by atoms with Crippen molar-refractivity contribution in [1.82, 2.24) is 4.90 Å². The number of halogens is 1. The van der Waals surface area contributed by atoms with Gasteiger partial charge in [0.1, 0.15) is 0 Å². The monoisotopic (exact) mass is 292 g/mol. The molecule has 1 aliphatic rings. The van der Waals surface area contributed by atoms with E-state index >= 15 is 0 Å². The Morgan fingerprint density at radius 3 is 2.80 bits per heavy atom. The summed E-state index contributed by atoms with van der Waals surface area (Å²) >= 11 is 5.83. The van der Waals surface area contributed by atoms with E-state index in [1.807, 2.05) is 42.2 Å². The summed E-state index contributed by atoms with van der Waals surface area (Å²) < 4.78 is 0. The lowest BCUT2D eigenvalue weighted by atomic mass is 9.92. The van der Waals surface area contributed by atoms with Crippen molar-refractivity contribution in [2.24, 2.45) is 11.7 Å². The first-order valence-electron chi connectivity index (χ1n) is 7.04. The van der Waals surface area contributed by atoms with Crippen molar-refractivity contribution in [2.45, 2.75) is 25.8 Å². The molecule has 2 rings (SSSR count). The molecule has 1 saturated heterocycles. The standard InChI is InChI=1S/C16H21ClN2O/c1-12(18)14-3-2-10-19(11-14)16(20)9-6-13-4-7-15(17)8-5-13/h4-9,12,14H,2-3,10-11,18H2,1H3/b9-6+/t12-,14+/m0/s1. The van der Waals surface area contributed by atoms with Gasteiger partial charge in [0.15, 0.2) is 0 Å². The summed E-state index contributed by atoms with van der Waals surface area (Å²) in [5.41, 5.74) is 6.92. The second-order valence-electron chi connectivity index (χ2n) is 5.43. The molecule has 0 saturated carbocycles. The molecule has 2 atom stereocenters. The van der Waals surface area contributed by atoms with Crippen LogP contribution in [-0.4, -0.2) is 29.9 Å². The third kappa shape index (κ3) is 4.09. The Labute approximate surface area is 125 Å².